The summed E-state index contributed by atoms with van der Waals surface area (Å²) >= 11 is 0. The van der Waals surface area contributed by atoms with Gasteiger partial charge in [-0.15, -0.1) is 12.4 Å². The molecule has 1 aromatic carbocycles. The van der Waals surface area contributed by atoms with Crippen LogP contribution < -0.4 is 9.47 Å². The lowest BCUT2D eigenvalue weighted by molar-refractivity contribution is 0.0682. The molecule has 208 valence electrons. The maximum atomic E-state index is 12.2. The van der Waals surface area contributed by atoms with Crippen molar-refractivity contribution in [3.05, 3.63) is 71.6 Å². The zero-order chi connectivity index (χ0) is 25.9. The summed E-state index contributed by atoms with van der Waals surface area (Å²) < 4.78 is 37.2. The van der Waals surface area contributed by atoms with Crippen molar-refractivity contribution in [2.24, 2.45) is 5.92 Å². The van der Waals surface area contributed by atoms with Crippen LogP contribution in [0.15, 0.2) is 71.6 Å². The maximum Gasteiger partial charge on any atom is 0.155 e. The quantitative estimate of drug-likeness (QED) is 0.422. The van der Waals surface area contributed by atoms with Crippen molar-refractivity contribution in [2.75, 3.05) is 32.5 Å². The molecule has 6 nitrogen and oxygen atoms in total. The summed E-state index contributed by atoms with van der Waals surface area (Å²) in [5.74, 6) is 2.05. The molecule has 0 bridgehead atoms. The Bertz CT molecular complexity index is 1190. The van der Waals surface area contributed by atoms with Gasteiger partial charge in [-0.25, -0.2) is 8.42 Å². The van der Waals surface area contributed by atoms with Gasteiger partial charge in [-0.3, -0.25) is 4.90 Å². The number of likely N-dealkylation sites (tertiary alicyclic amines) is 1. The maximum absolute atomic E-state index is 12.2. The van der Waals surface area contributed by atoms with Gasteiger partial charge in [0.1, 0.15) is 27.9 Å². The van der Waals surface area contributed by atoms with E-state index in [0.717, 1.165) is 55.1 Å². The smallest absolute Gasteiger partial charge is 0.155 e. The highest BCUT2D eigenvalue weighted by molar-refractivity contribution is 7.91. The number of piperidine rings is 1. The second kappa shape index (κ2) is 12.3. The number of hydrogen-bond acceptors (Lipinski definition) is 6. The molecule has 0 amide bonds. The zero-order valence-corrected chi connectivity index (χ0v) is 23.8. The number of aliphatic hydroxyl groups excluding tert-OH is 1. The first-order valence-electron chi connectivity index (χ1n) is 13.7. The van der Waals surface area contributed by atoms with Gasteiger partial charge < -0.3 is 14.6 Å². The topological polar surface area (TPSA) is 76.1 Å². The average Bonchev–Trinajstić information content (AvgIpc) is 2.90. The summed E-state index contributed by atoms with van der Waals surface area (Å²) in [6.45, 7) is 3.95. The minimum Gasteiger partial charge on any atom is -0.512 e. The molecule has 1 atom stereocenters. The monoisotopic (exact) mass is 561 g/mol. The number of hydrogen-bond donors (Lipinski definition) is 1. The summed E-state index contributed by atoms with van der Waals surface area (Å²) in [6.07, 6.45) is 18.4. The van der Waals surface area contributed by atoms with Crippen LogP contribution in [0.1, 0.15) is 51.4 Å². The van der Waals surface area contributed by atoms with Crippen LogP contribution in [-0.4, -0.2) is 61.8 Å². The molecule has 4 aliphatic rings. The number of rotatable bonds is 8. The highest BCUT2D eigenvalue weighted by Crippen LogP contribution is 2.48. The van der Waals surface area contributed by atoms with Crippen LogP contribution in [0.4, 0.5) is 0 Å². The van der Waals surface area contributed by atoms with E-state index in [9.17, 15) is 13.5 Å². The Kier molecular flexibility index (Phi) is 9.32. The SMILES string of the molecule is CS(=O)(=O)C1CCC(C2(Oc3ccc(OCCN4CCCCC4)cc3)C=CC=C3CC(O)=CC=C32)CC1.Cl. The van der Waals surface area contributed by atoms with E-state index in [0.29, 0.717) is 31.6 Å². The Morgan fingerprint density at radius 3 is 2.34 bits per heavy atom. The standard InChI is InChI=1S/C30H39NO5S.ClH/c1-37(33,34)28-14-7-24(8-15-28)30(17-5-6-23-22-25(32)9-16-29(23)30)36-27-12-10-26(11-13-27)35-21-20-31-18-3-2-4-19-31;/h5-6,9-13,16-17,24,28,32H,2-4,7-8,14-15,18-22H2,1H3;1H. The third-order valence-corrected chi connectivity index (χ3v) is 10.0. The van der Waals surface area contributed by atoms with Crippen molar-refractivity contribution >= 4 is 22.2 Å². The Morgan fingerprint density at radius 2 is 1.66 bits per heavy atom. The average molecular weight is 562 g/mol. The summed E-state index contributed by atoms with van der Waals surface area (Å²) in [5, 5.41) is 9.87. The fourth-order valence-corrected chi connectivity index (χ4v) is 7.41. The predicted octanol–water partition coefficient (Wildman–Crippen LogP) is 5.96. The summed E-state index contributed by atoms with van der Waals surface area (Å²) in [4.78, 5) is 2.47. The van der Waals surface area contributed by atoms with Gasteiger partial charge in [-0.1, -0.05) is 24.6 Å². The second-order valence-corrected chi connectivity index (χ2v) is 13.2. The predicted molar refractivity (Wildman–Crippen MR) is 154 cm³/mol. The molecule has 0 radical (unpaired) electrons. The van der Waals surface area contributed by atoms with Gasteiger partial charge in [-0.2, -0.15) is 0 Å². The highest BCUT2D eigenvalue weighted by Gasteiger charge is 2.47. The lowest BCUT2D eigenvalue weighted by Crippen LogP contribution is -2.48. The fraction of sp³-hybridized carbons (Fsp3) is 0.533. The van der Waals surface area contributed by atoms with Crippen LogP contribution in [0.2, 0.25) is 0 Å². The first-order chi connectivity index (χ1) is 17.8. The van der Waals surface area contributed by atoms with E-state index < -0.39 is 15.4 Å². The van der Waals surface area contributed by atoms with Crippen LogP contribution >= 0.6 is 12.4 Å². The van der Waals surface area contributed by atoms with E-state index in [-0.39, 0.29) is 23.6 Å². The summed E-state index contributed by atoms with van der Waals surface area (Å²) in [5.41, 5.74) is 1.39. The first-order valence-corrected chi connectivity index (χ1v) is 15.6. The molecule has 8 heteroatoms. The summed E-state index contributed by atoms with van der Waals surface area (Å²) in [7, 11) is -3.05. The molecule has 1 heterocycles. The molecular formula is C30H40ClNO5S. The van der Waals surface area contributed by atoms with E-state index in [2.05, 4.69) is 11.0 Å². The molecule has 5 rings (SSSR count). The van der Waals surface area contributed by atoms with E-state index in [1.807, 2.05) is 42.5 Å². The zero-order valence-electron chi connectivity index (χ0n) is 22.2. The summed E-state index contributed by atoms with van der Waals surface area (Å²) in [6, 6.07) is 7.85. The number of ether oxygens (including phenoxy) is 2. The van der Waals surface area contributed by atoms with Gasteiger partial charge in [0.05, 0.1) is 11.0 Å². The van der Waals surface area contributed by atoms with Crippen LogP contribution in [0, 0.1) is 5.92 Å². The molecule has 0 aromatic heterocycles. The second-order valence-electron chi connectivity index (χ2n) is 10.9. The van der Waals surface area contributed by atoms with E-state index in [4.69, 9.17) is 9.47 Å². The number of nitrogens with zero attached hydrogens (tertiary/aromatic N) is 1. The Balaban J connectivity index is 0.00000336. The van der Waals surface area contributed by atoms with Gasteiger partial charge in [-0.05, 0) is 93.6 Å². The molecule has 2 fully saturated rings. The molecule has 3 aliphatic carbocycles. The largest absolute Gasteiger partial charge is 0.512 e. The van der Waals surface area contributed by atoms with Crippen molar-refractivity contribution in [2.45, 2.75) is 62.2 Å². The number of benzene rings is 1. The highest BCUT2D eigenvalue weighted by atomic mass is 35.5. The van der Waals surface area contributed by atoms with E-state index in [1.165, 1.54) is 25.5 Å². The third-order valence-electron chi connectivity index (χ3n) is 8.34. The van der Waals surface area contributed by atoms with Crippen LogP contribution in [0.3, 0.4) is 0 Å². The number of aliphatic hydroxyl groups is 1. The van der Waals surface area contributed by atoms with Gasteiger partial charge in [0.2, 0.25) is 0 Å². The number of allylic oxidation sites excluding steroid dienone is 5. The number of sulfone groups is 1. The fourth-order valence-electron chi connectivity index (χ4n) is 6.29. The molecule has 1 unspecified atom stereocenters. The normalized spacial score (nSPS) is 27.8. The minimum atomic E-state index is -3.05. The third kappa shape index (κ3) is 6.49. The van der Waals surface area contributed by atoms with Crippen LogP contribution in [-0.2, 0) is 9.84 Å². The molecular weight excluding hydrogens is 522 g/mol. The Hall–Kier alpha value is -2.22. The molecule has 0 spiro atoms. The van der Waals surface area contributed by atoms with Crippen molar-refractivity contribution in [1.29, 1.82) is 0 Å². The Morgan fingerprint density at radius 1 is 0.974 bits per heavy atom. The van der Waals surface area contributed by atoms with Gasteiger partial charge in [0, 0.05) is 30.7 Å². The molecule has 1 saturated carbocycles. The Labute approximate surface area is 233 Å². The van der Waals surface area contributed by atoms with Crippen molar-refractivity contribution in [3.8, 4) is 11.5 Å². The lowest BCUT2D eigenvalue weighted by atomic mass is 9.68. The van der Waals surface area contributed by atoms with Gasteiger partial charge in [0.15, 0.2) is 5.60 Å². The van der Waals surface area contributed by atoms with E-state index >= 15 is 0 Å². The molecule has 1 saturated heterocycles. The molecule has 38 heavy (non-hydrogen) atoms. The van der Waals surface area contributed by atoms with Gasteiger partial charge >= 0.3 is 0 Å². The number of fused-ring (bicyclic) bond motifs is 1. The van der Waals surface area contributed by atoms with Crippen LogP contribution in [0.25, 0.3) is 0 Å². The molecule has 1 N–H and O–H groups in total. The van der Waals surface area contributed by atoms with Crippen molar-refractivity contribution < 1.29 is 23.0 Å². The molecule has 1 aliphatic heterocycles. The van der Waals surface area contributed by atoms with E-state index in [1.54, 1.807) is 6.08 Å². The first kappa shape index (κ1) is 28.8. The van der Waals surface area contributed by atoms with Crippen molar-refractivity contribution in [3.63, 3.8) is 0 Å². The molecule has 1 aromatic rings. The van der Waals surface area contributed by atoms with Crippen LogP contribution in [0.5, 0.6) is 11.5 Å². The van der Waals surface area contributed by atoms with Crippen molar-refractivity contribution in [1.82, 2.24) is 4.90 Å². The lowest BCUT2D eigenvalue weighted by Gasteiger charge is -2.45. The minimum absolute atomic E-state index is 0. The number of halogens is 1. The van der Waals surface area contributed by atoms with Gasteiger partial charge in [0.25, 0.3) is 0 Å².